The van der Waals surface area contributed by atoms with Gasteiger partial charge in [-0.1, -0.05) is 15.9 Å². The Morgan fingerprint density at radius 2 is 1.89 bits per heavy atom. The molecule has 0 amide bonds. The highest BCUT2D eigenvalue weighted by Crippen LogP contribution is 2.54. The molecular weight excluding hydrogens is 295 g/mol. The van der Waals surface area contributed by atoms with Crippen LogP contribution in [0.25, 0.3) is 4.85 Å². The molecule has 0 N–H and O–H groups in total. The molecule has 2 nitrogen and oxygen atoms in total. The third kappa shape index (κ3) is 2.01. The third-order valence-electron chi connectivity index (χ3n) is 4.24. The van der Waals surface area contributed by atoms with Crippen LogP contribution in [0.1, 0.15) is 25.7 Å². The summed E-state index contributed by atoms with van der Waals surface area (Å²) < 4.78 is 14.5. The van der Waals surface area contributed by atoms with Crippen molar-refractivity contribution in [3.63, 3.8) is 0 Å². The van der Waals surface area contributed by atoms with Crippen LogP contribution in [0.5, 0.6) is 0 Å². The van der Waals surface area contributed by atoms with Gasteiger partial charge in [0.05, 0.1) is 6.57 Å². The quantitative estimate of drug-likeness (QED) is 0.692. The van der Waals surface area contributed by atoms with Crippen LogP contribution in [0, 0.1) is 17.8 Å². The molecule has 0 unspecified atom stereocenters. The van der Waals surface area contributed by atoms with Crippen molar-refractivity contribution in [3.05, 3.63) is 33.8 Å². The third-order valence-corrected chi connectivity index (χ3v) is 4.70. The minimum Gasteiger partial charge on any atom is -0.380 e. The van der Waals surface area contributed by atoms with Crippen molar-refractivity contribution in [2.75, 3.05) is 18.0 Å². The summed E-state index contributed by atoms with van der Waals surface area (Å²) in [7, 11) is 0. The number of anilines is 1. The van der Waals surface area contributed by atoms with Crippen LogP contribution in [0.3, 0.4) is 0 Å². The van der Waals surface area contributed by atoms with E-state index >= 15 is 0 Å². The second-order valence-corrected chi connectivity index (χ2v) is 6.27. The molecule has 1 aromatic carbocycles. The maximum absolute atomic E-state index is 13.8. The lowest BCUT2D eigenvalue weighted by Crippen LogP contribution is -2.34. The van der Waals surface area contributed by atoms with Gasteiger partial charge in [-0.2, -0.15) is 0 Å². The van der Waals surface area contributed by atoms with E-state index < -0.39 is 5.82 Å². The standard InChI is InChI=1S/C14H14BrFN2/c1-17-13-11(16)8-10(15)9-12(13)18-6-4-14(2-3-14)5-7-18/h8-9H,2-7H2. The molecule has 0 aromatic heterocycles. The van der Waals surface area contributed by atoms with E-state index in [-0.39, 0.29) is 5.69 Å². The molecule has 1 heterocycles. The highest BCUT2D eigenvalue weighted by molar-refractivity contribution is 9.10. The smallest absolute Gasteiger partial charge is 0.244 e. The van der Waals surface area contributed by atoms with E-state index in [0.29, 0.717) is 9.89 Å². The fraction of sp³-hybridized carbons (Fsp3) is 0.500. The summed E-state index contributed by atoms with van der Waals surface area (Å²) in [6, 6.07) is 3.23. The Balaban J connectivity index is 1.90. The second kappa shape index (κ2) is 4.24. The molecule has 3 rings (SSSR count). The van der Waals surface area contributed by atoms with Crippen molar-refractivity contribution in [3.8, 4) is 0 Å². The van der Waals surface area contributed by atoms with E-state index in [2.05, 4.69) is 25.7 Å². The zero-order valence-corrected chi connectivity index (χ0v) is 11.6. The summed E-state index contributed by atoms with van der Waals surface area (Å²) in [5.74, 6) is -0.430. The van der Waals surface area contributed by atoms with Gasteiger partial charge in [-0.25, -0.2) is 9.24 Å². The minimum atomic E-state index is -0.430. The van der Waals surface area contributed by atoms with E-state index in [0.717, 1.165) is 18.8 Å². The summed E-state index contributed by atoms with van der Waals surface area (Å²) >= 11 is 3.31. The van der Waals surface area contributed by atoms with Crippen LogP contribution in [0.2, 0.25) is 0 Å². The van der Waals surface area contributed by atoms with Crippen LogP contribution in [-0.2, 0) is 0 Å². The van der Waals surface area contributed by atoms with Crippen molar-refractivity contribution in [1.82, 2.24) is 0 Å². The summed E-state index contributed by atoms with van der Waals surface area (Å²) in [4.78, 5) is 5.51. The van der Waals surface area contributed by atoms with Gasteiger partial charge in [-0.05, 0) is 43.2 Å². The molecule has 0 bridgehead atoms. The molecule has 1 saturated heterocycles. The molecule has 0 radical (unpaired) electrons. The van der Waals surface area contributed by atoms with Gasteiger partial charge in [0.2, 0.25) is 5.69 Å². The summed E-state index contributed by atoms with van der Waals surface area (Å²) in [6.07, 6.45) is 5.06. The normalized spacial score (nSPS) is 20.8. The first-order valence-corrected chi connectivity index (χ1v) is 7.04. The summed E-state index contributed by atoms with van der Waals surface area (Å²) in [6.45, 7) is 9.03. The number of benzene rings is 1. The molecule has 1 spiro atoms. The SMILES string of the molecule is [C-]#[N+]c1c(F)cc(Br)cc1N1CCC2(CC1)CC2. The van der Waals surface area contributed by atoms with Gasteiger partial charge < -0.3 is 4.90 Å². The lowest BCUT2D eigenvalue weighted by atomic mass is 9.93. The molecule has 1 saturated carbocycles. The van der Waals surface area contributed by atoms with E-state index in [1.165, 1.54) is 31.7 Å². The van der Waals surface area contributed by atoms with Gasteiger partial charge in [0.1, 0.15) is 5.82 Å². The average Bonchev–Trinajstić information content (AvgIpc) is 3.09. The van der Waals surface area contributed by atoms with Crippen LogP contribution >= 0.6 is 15.9 Å². The van der Waals surface area contributed by atoms with Gasteiger partial charge in [0, 0.05) is 23.2 Å². The van der Waals surface area contributed by atoms with E-state index in [9.17, 15) is 4.39 Å². The number of nitrogens with zero attached hydrogens (tertiary/aromatic N) is 2. The van der Waals surface area contributed by atoms with Crippen LogP contribution in [-0.4, -0.2) is 13.1 Å². The number of hydrogen-bond donors (Lipinski definition) is 0. The van der Waals surface area contributed by atoms with Crippen LogP contribution in [0.4, 0.5) is 15.8 Å². The maximum Gasteiger partial charge on any atom is 0.244 e. The Bertz CT molecular complexity index is 521. The number of piperidine rings is 1. The van der Waals surface area contributed by atoms with Crippen molar-refractivity contribution >= 4 is 27.3 Å². The van der Waals surface area contributed by atoms with Crippen molar-refractivity contribution < 1.29 is 4.39 Å². The Morgan fingerprint density at radius 3 is 2.44 bits per heavy atom. The Labute approximate surface area is 115 Å². The number of hydrogen-bond acceptors (Lipinski definition) is 1. The molecule has 1 aliphatic carbocycles. The first-order chi connectivity index (χ1) is 8.63. The molecule has 4 heteroatoms. The van der Waals surface area contributed by atoms with Gasteiger partial charge in [0.25, 0.3) is 0 Å². The maximum atomic E-state index is 13.8. The van der Waals surface area contributed by atoms with E-state index in [1.54, 1.807) is 0 Å². The molecule has 2 fully saturated rings. The lowest BCUT2D eigenvalue weighted by molar-refractivity contribution is 0.384. The largest absolute Gasteiger partial charge is 0.380 e. The minimum absolute atomic E-state index is 0.157. The first kappa shape index (κ1) is 12.0. The van der Waals surface area contributed by atoms with Gasteiger partial charge in [0.15, 0.2) is 0 Å². The molecule has 0 atom stereocenters. The van der Waals surface area contributed by atoms with Crippen molar-refractivity contribution in [1.29, 1.82) is 0 Å². The predicted octanol–water partition coefficient (Wildman–Crippen LogP) is 4.52. The topological polar surface area (TPSA) is 7.60 Å². The monoisotopic (exact) mass is 308 g/mol. The van der Waals surface area contributed by atoms with E-state index in [4.69, 9.17) is 6.57 Å². The fourth-order valence-corrected chi connectivity index (χ4v) is 3.22. The highest BCUT2D eigenvalue weighted by atomic mass is 79.9. The van der Waals surface area contributed by atoms with Gasteiger partial charge in [-0.15, -0.1) is 0 Å². The van der Waals surface area contributed by atoms with Gasteiger partial charge in [-0.3, -0.25) is 0 Å². The summed E-state index contributed by atoms with van der Waals surface area (Å²) in [5, 5.41) is 0. The Kier molecular flexibility index (Phi) is 2.82. The average molecular weight is 309 g/mol. The van der Waals surface area contributed by atoms with Crippen molar-refractivity contribution in [2.24, 2.45) is 5.41 Å². The lowest BCUT2D eigenvalue weighted by Gasteiger charge is -2.34. The second-order valence-electron chi connectivity index (χ2n) is 5.35. The fourth-order valence-electron chi connectivity index (χ4n) is 2.80. The predicted molar refractivity (Wildman–Crippen MR) is 73.5 cm³/mol. The molecule has 2 aliphatic rings. The number of rotatable bonds is 1. The molecule has 1 aliphatic heterocycles. The molecule has 18 heavy (non-hydrogen) atoms. The highest BCUT2D eigenvalue weighted by Gasteiger charge is 2.44. The Morgan fingerprint density at radius 1 is 1.22 bits per heavy atom. The molecule has 1 aromatic rings. The van der Waals surface area contributed by atoms with E-state index in [1.807, 2.05) is 6.07 Å². The van der Waals surface area contributed by atoms with Crippen molar-refractivity contribution in [2.45, 2.75) is 25.7 Å². The Hall–Kier alpha value is -1.08. The van der Waals surface area contributed by atoms with Crippen LogP contribution in [0.15, 0.2) is 16.6 Å². The van der Waals surface area contributed by atoms with Crippen LogP contribution < -0.4 is 4.90 Å². The first-order valence-electron chi connectivity index (χ1n) is 6.25. The zero-order chi connectivity index (χ0) is 12.8. The molecular formula is C14H14BrFN2. The summed E-state index contributed by atoms with van der Waals surface area (Å²) in [5.41, 5.74) is 1.50. The zero-order valence-electron chi connectivity index (χ0n) is 10.0. The van der Waals surface area contributed by atoms with Gasteiger partial charge >= 0.3 is 0 Å². The number of halogens is 2. The molecule has 94 valence electrons.